The maximum absolute atomic E-state index is 3.10. The molecular formula is C12H8N2. The van der Waals surface area contributed by atoms with Gasteiger partial charge in [0.1, 0.15) is 0 Å². The smallest absolute Gasteiger partial charge is 0.0874 e. The molecule has 2 aromatic carbocycles. The minimum absolute atomic E-state index is 1.27. The van der Waals surface area contributed by atoms with Crippen molar-refractivity contribution in [2.45, 2.75) is 0 Å². The van der Waals surface area contributed by atoms with Crippen LogP contribution < -0.4 is 0 Å². The largest absolute Gasteiger partial charge is 0.298 e. The molecule has 1 aliphatic rings. The molecule has 0 radical (unpaired) electrons. The van der Waals surface area contributed by atoms with Crippen molar-refractivity contribution in [2.75, 3.05) is 0 Å². The quantitative estimate of drug-likeness (QED) is 0.389. The molecule has 0 atom stereocenters. The number of rotatable bonds is 0. The second-order valence-electron chi connectivity index (χ2n) is 3.74. The molecule has 0 bridgehead atoms. The summed E-state index contributed by atoms with van der Waals surface area (Å²) in [6.07, 6.45) is 0. The van der Waals surface area contributed by atoms with E-state index in [1.54, 1.807) is 0 Å². The molecule has 3 aromatic rings. The summed E-state index contributed by atoms with van der Waals surface area (Å²) in [6.45, 7) is 0. The van der Waals surface area contributed by atoms with Gasteiger partial charge in [-0.05, 0) is 22.9 Å². The van der Waals surface area contributed by atoms with Crippen LogP contribution in [0.15, 0.2) is 36.4 Å². The summed E-state index contributed by atoms with van der Waals surface area (Å²) in [5, 5.41) is 8.81. The average Bonchev–Trinajstić information content (AvgIpc) is 2.17. The van der Waals surface area contributed by atoms with Crippen molar-refractivity contribution in [1.29, 1.82) is 0 Å². The first kappa shape index (κ1) is 6.49. The Labute approximate surface area is 80.6 Å². The number of fused-ring (bicyclic) bond motifs is 5. The third-order valence-corrected chi connectivity index (χ3v) is 2.99. The zero-order chi connectivity index (χ0) is 9.12. The molecule has 2 N–H and O–H groups in total. The van der Waals surface area contributed by atoms with Crippen LogP contribution in [0.5, 0.6) is 0 Å². The molecule has 2 nitrogen and oxygen atoms in total. The Kier molecular flexibility index (Phi) is 0.892. The zero-order valence-electron chi connectivity index (χ0n) is 7.46. The van der Waals surface area contributed by atoms with Crippen LogP contribution in [0, 0.1) is 0 Å². The number of benzene rings is 2. The predicted molar refractivity (Wildman–Crippen MR) is 57.1 cm³/mol. The highest BCUT2D eigenvalue weighted by atomic mass is 15.2. The van der Waals surface area contributed by atoms with Crippen LogP contribution in [0.2, 0.25) is 0 Å². The molecule has 0 saturated heterocycles. The molecular weight excluding hydrogens is 172 g/mol. The Morgan fingerprint density at radius 1 is 0.714 bits per heavy atom. The minimum Gasteiger partial charge on any atom is -0.298 e. The van der Waals surface area contributed by atoms with E-state index in [2.05, 4.69) is 46.6 Å². The normalized spacial score (nSPS) is 12.3. The Bertz CT molecular complexity index is 587. The lowest BCUT2D eigenvalue weighted by Crippen LogP contribution is -2.10. The van der Waals surface area contributed by atoms with Crippen LogP contribution in [-0.2, 0) is 0 Å². The molecule has 0 saturated carbocycles. The Morgan fingerprint density at radius 3 is 1.64 bits per heavy atom. The van der Waals surface area contributed by atoms with Crippen molar-refractivity contribution in [1.82, 2.24) is 10.2 Å². The summed E-state index contributed by atoms with van der Waals surface area (Å²) in [4.78, 5) is 0. The van der Waals surface area contributed by atoms with E-state index >= 15 is 0 Å². The molecule has 1 aromatic heterocycles. The zero-order valence-corrected chi connectivity index (χ0v) is 7.46. The van der Waals surface area contributed by atoms with Crippen molar-refractivity contribution in [3.8, 4) is 22.5 Å². The lowest BCUT2D eigenvalue weighted by molar-refractivity contribution is 0.963. The standard InChI is InChI=1S/C12H8N2/c1-2-4-8-6-10-9(5-7(8)3-1)11-12(10)14-13-11/h1-6,13-14H. The molecule has 0 fully saturated rings. The van der Waals surface area contributed by atoms with Crippen LogP contribution in [-0.4, -0.2) is 10.2 Å². The van der Waals surface area contributed by atoms with Crippen molar-refractivity contribution < 1.29 is 0 Å². The molecule has 0 spiro atoms. The van der Waals surface area contributed by atoms with E-state index in [9.17, 15) is 0 Å². The van der Waals surface area contributed by atoms with Gasteiger partial charge in [0, 0.05) is 11.1 Å². The van der Waals surface area contributed by atoms with Gasteiger partial charge >= 0.3 is 0 Å². The maximum atomic E-state index is 3.10. The van der Waals surface area contributed by atoms with E-state index in [-0.39, 0.29) is 0 Å². The third kappa shape index (κ3) is 0.567. The topological polar surface area (TPSA) is 31.6 Å². The first-order valence-corrected chi connectivity index (χ1v) is 4.73. The van der Waals surface area contributed by atoms with Gasteiger partial charge in [0.15, 0.2) is 0 Å². The number of aromatic amines is 2. The molecule has 14 heavy (non-hydrogen) atoms. The van der Waals surface area contributed by atoms with Gasteiger partial charge in [-0.25, -0.2) is 0 Å². The lowest BCUT2D eigenvalue weighted by atomic mass is 9.86. The number of H-pyrrole nitrogens is 2. The summed E-state index contributed by atoms with van der Waals surface area (Å²) < 4.78 is 0. The molecule has 1 aliphatic carbocycles. The Morgan fingerprint density at radius 2 is 1.21 bits per heavy atom. The second kappa shape index (κ2) is 1.93. The Balaban J connectivity index is 2.13. The van der Waals surface area contributed by atoms with Crippen molar-refractivity contribution in [2.24, 2.45) is 0 Å². The number of nitrogens with one attached hydrogen (secondary N) is 2. The van der Waals surface area contributed by atoms with Crippen LogP contribution in [0.4, 0.5) is 0 Å². The summed E-state index contributed by atoms with van der Waals surface area (Å²) >= 11 is 0. The number of hydrogen-bond acceptors (Lipinski definition) is 0. The first-order chi connectivity index (χ1) is 6.93. The number of hydrogen-bond donors (Lipinski definition) is 2. The van der Waals surface area contributed by atoms with Gasteiger partial charge in [-0.1, -0.05) is 24.3 Å². The van der Waals surface area contributed by atoms with E-state index < -0.39 is 0 Å². The van der Waals surface area contributed by atoms with Crippen molar-refractivity contribution in [3.63, 3.8) is 0 Å². The summed E-state index contributed by atoms with van der Waals surface area (Å²) in [7, 11) is 0. The maximum Gasteiger partial charge on any atom is 0.0874 e. The minimum atomic E-state index is 1.27. The Hall–Kier alpha value is -1.96. The van der Waals surface area contributed by atoms with Crippen LogP contribution in [0.3, 0.4) is 0 Å². The molecule has 0 amide bonds. The van der Waals surface area contributed by atoms with Gasteiger partial charge in [-0.3, -0.25) is 10.2 Å². The summed E-state index contributed by atoms with van der Waals surface area (Å²) in [5.74, 6) is 0. The molecule has 2 heteroatoms. The summed E-state index contributed by atoms with van der Waals surface area (Å²) in [5.41, 5.74) is 5.23. The van der Waals surface area contributed by atoms with Crippen LogP contribution >= 0.6 is 0 Å². The summed E-state index contributed by atoms with van der Waals surface area (Å²) in [6, 6.07) is 13.0. The molecule has 1 heterocycles. The fraction of sp³-hybridized carbons (Fsp3) is 0. The van der Waals surface area contributed by atoms with Gasteiger partial charge in [0.25, 0.3) is 0 Å². The predicted octanol–water partition coefficient (Wildman–Crippen LogP) is 3.14. The van der Waals surface area contributed by atoms with Crippen LogP contribution in [0.25, 0.3) is 33.3 Å². The van der Waals surface area contributed by atoms with Gasteiger partial charge in [0.05, 0.1) is 11.4 Å². The van der Waals surface area contributed by atoms with Gasteiger partial charge in [0.2, 0.25) is 0 Å². The SMILES string of the molecule is c1ccc2cc3c(cc2c1)-c1[nH][nH]c1-3. The lowest BCUT2D eigenvalue weighted by Gasteiger charge is -2.27. The fourth-order valence-corrected chi connectivity index (χ4v) is 2.18. The van der Waals surface area contributed by atoms with E-state index in [0.29, 0.717) is 0 Å². The van der Waals surface area contributed by atoms with E-state index in [1.807, 2.05) is 0 Å². The van der Waals surface area contributed by atoms with E-state index in [0.717, 1.165) is 0 Å². The highest BCUT2D eigenvalue weighted by molar-refractivity contribution is 6.05. The monoisotopic (exact) mass is 180 g/mol. The average molecular weight is 180 g/mol. The van der Waals surface area contributed by atoms with Gasteiger partial charge in [-0.15, -0.1) is 0 Å². The first-order valence-electron chi connectivity index (χ1n) is 4.73. The molecule has 0 aliphatic heterocycles. The highest BCUT2D eigenvalue weighted by Crippen LogP contribution is 2.47. The third-order valence-electron chi connectivity index (χ3n) is 2.99. The fourth-order valence-electron chi connectivity index (χ4n) is 2.18. The molecule has 4 rings (SSSR count). The number of aromatic nitrogens is 2. The van der Waals surface area contributed by atoms with Crippen LogP contribution in [0.1, 0.15) is 0 Å². The van der Waals surface area contributed by atoms with Crippen molar-refractivity contribution >= 4 is 10.8 Å². The molecule has 66 valence electrons. The second-order valence-corrected chi connectivity index (χ2v) is 3.74. The van der Waals surface area contributed by atoms with E-state index in [4.69, 9.17) is 0 Å². The van der Waals surface area contributed by atoms with Crippen molar-refractivity contribution in [3.05, 3.63) is 36.4 Å². The van der Waals surface area contributed by atoms with Gasteiger partial charge in [-0.2, -0.15) is 0 Å². The van der Waals surface area contributed by atoms with Gasteiger partial charge < -0.3 is 0 Å². The highest BCUT2D eigenvalue weighted by Gasteiger charge is 2.26. The molecule has 0 unspecified atom stereocenters. The van der Waals surface area contributed by atoms with E-state index in [1.165, 1.54) is 33.3 Å².